The Balaban J connectivity index is 2.28. The lowest BCUT2D eigenvalue weighted by molar-refractivity contribution is 0.398. The van der Waals surface area contributed by atoms with Crippen molar-refractivity contribution < 1.29 is 8.78 Å². The lowest BCUT2D eigenvalue weighted by Gasteiger charge is -2.40. The molecule has 2 unspecified atom stereocenters. The molecule has 0 spiro atoms. The fourth-order valence-electron chi connectivity index (χ4n) is 2.33. The Morgan fingerprint density at radius 1 is 1.41 bits per heavy atom. The second kappa shape index (κ2) is 5.00. The quantitative estimate of drug-likeness (QED) is 0.854. The predicted octanol–water partition coefficient (Wildman–Crippen LogP) is 2.54. The first-order valence-electron chi connectivity index (χ1n) is 6.07. The summed E-state index contributed by atoms with van der Waals surface area (Å²) < 4.78 is 26.7. The zero-order valence-corrected chi connectivity index (χ0v) is 10.2. The number of piperazine rings is 1. The van der Waals surface area contributed by atoms with E-state index in [2.05, 4.69) is 19.2 Å². The molecule has 0 radical (unpaired) electrons. The Morgan fingerprint density at radius 2 is 2.18 bits per heavy atom. The van der Waals surface area contributed by atoms with Gasteiger partial charge in [-0.15, -0.1) is 0 Å². The molecule has 4 heteroatoms. The van der Waals surface area contributed by atoms with Gasteiger partial charge < -0.3 is 10.2 Å². The zero-order valence-electron chi connectivity index (χ0n) is 10.2. The monoisotopic (exact) mass is 240 g/mol. The average Bonchev–Trinajstić information content (AvgIpc) is 2.29. The second-order valence-electron chi connectivity index (χ2n) is 4.62. The van der Waals surface area contributed by atoms with Crippen LogP contribution in [0.4, 0.5) is 14.5 Å². The van der Waals surface area contributed by atoms with E-state index in [9.17, 15) is 8.78 Å². The average molecular weight is 240 g/mol. The third-order valence-corrected chi connectivity index (χ3v) is 3.30. The topological polar surface area (TPSA) is 15.3 Å². The summed E-state index contributed by atoms with van der Waals surface area (Å²) in [6.07, 6.45) is 0.941. The predicted molar refractivity (Wildman–Crippen MR) is 65.2 cm³/mol. The van der Waals surface area contributed by atoms with Crippen LogP contribution in [0, 0.1) is 11.6 Å². The molecule has 1 N–H and O–H groups in total. The van der Waals surface area contributed by atoms with E-state index in [4.69, 9.17) is 0 Å². The molecule has 0 saturated carbocycles. The standard InChI is InChI=1S/C13H18F2N2/c1-3-11-7-16-9(2)8-17(11)13-5-4-10(14)6-12(13)15/h4-6,9,11,16H,3,7-8H2,1-2H3. The maximum Gasteiger partial charge on any atom is 0.149 e. The van der Waals surface area contributed by atoms with Crippen LogP contribution in [-0.2, 0) is 0 Å². The molecule has 0 aliphatic carbocycles. The van der Waals surface area contributed by atoms with Gasteiger partial charge in [-0.2, -0.15) is 0 Å². The van der Waals surface area contributed by atoms with Gasteiger partial charge in [-0.05, 0) is 25.5 Å². The number of rotatable bonds is 2. The van der Waals surface area contributed by atoms with Crippen LogP contribution in [-0.4, -0.2) is 25.2 Å². The molecule has 0 aromatic heterocycles. The van der Waals surface area contributed by atoms with E-state index in [1.807, 2.05) is 4.90 Å². The van der Waals surface area contributed by atoms with Crippen LogP contribution in [0.5, 0.6) is 0 Å². The number of hydrogen-bond donors (Lipinski definition) is 1. The molecule has 1 saturated heterocycles. The molecular formula is C13H18F2N2. The Morgan fingerprint density at radius 3 is 2.82 bits per heavy atom. The maximum atomic E-state index is 13.8. The maximum absolute atomic E-state index is 13.8. The smallest absolute Gasteiger partial charge is 0.149 e. The van der Waals surface area contributed by atoms with Crippen molar-refractivity contribution >= 4 is 5.69 Å². The van der Waals surface area contributed by atoms with Gasteiger partial charge in [0.1, 0.15) is 11.6 Å². The van der Waals surface area contributed by atoms with E-state index < -0.39 is 11.6 Å². The lowest BCUT2D eigenvalue weighted by atomic mass is 10.1. The van der Waals surface area contributed by atoms with Crippen LogP contribution in [0.2, 0.25) is 0 Å². The van der Waals surface area contributed by atoms with Crippen molar-refractivity contribution in [1.29, 1.82) is 0 Å². The highest BCUT2D eigenvalue weighted by molar-refractivity contribution is 5.49. The molecule has 1 aromatic rings. The van der Waals surface area contributed by atoms with Gasteiger partial charge in [-0.25, -0.2) is 8.78 Å². The number of anilines is 1. The van der Waals surface area contributed by atoms with Gasteiger partial charge in [0.15, 0.2) is 0 Å². The molecule has 1 fully saturated rings. The van der Waals surface area contributed by atoms with Crippen LogP contribution < -0.4 is 10.2 Å². The first kappa shape index (κ1) is 12.3. The van der Waals surface area contributed by atoms with Crippen LogP contribution in [0.3, 0.4) is 0 Å². The van der Waals surface area contributed by atoms with Crippen LogP contribution >= 0.6 is 0 Å². The van der Waals surface area contributed by atoms with Gasteiger partial charge in [0.2, 0.25) is 0 Å². The summed E-state index contributed by atoms with van der Waals surface area (Å²) in [6, 6.07) is 4.39. The summed E-state index contributed by atoms with van der Waals surface area (Å²) in [5, 5.41) is 3.38. The third kappa shape index (κ3) is 2.57. The number of nitrogens with zero attached hydrogens (tertiary/aromatic N) is 1. The number of halogens is 2. The molecule has 0 amide bonds. The normalized spacial score (nSPS) is 25.1. The first-order chi connectivity index (χ1) is 8.11. The minimum Gasteiger partial charge on any atom is -0.363 e. The van der Waals surface area contributed by atoms with E-state index in [0.29, 0.717) is 11.7 Å². The molecule has 1 heterocycles. The highest BCUT2D eigenvalue weighted by Crippen LogP contribution is 2.25. The van der Waals surface area contributed by atoms with Crippen molar-refractivity contribution in [3.05, 3.63) is 29.8 Å². The summed E-state index contributed by atoms with van der Waals surface area (Å²) in [5.74, 6) is -1.000. The summed E-state index contributed by atoms with van der Waals surface area (Å²) in [7, 11) is 0. The van der Waals surface area contributed by atoms with Crippen molar-refractivity contribution in [2.24, 2.45) is 0 Å². The fourth-order valence-corrected chi connectivity index (χ4v) is 2.33. The van der Waals surface area contributed by atoms with Crippen molar-refractivity contribution in [2.45, 2.75) is 32.4 Å². The molecule has 94 valence electrons. The fraction of sp³-hybridized carbons (Fsp3) is 0.538. The van der Waals surface area contributed by atoms with E-state index in [1.54, 1.807) is 0 Å². The third-order valence-electron chi connectivity index (χ3n) is 3.30. The first-order valence-corrected chi connectivity index (χ1v) is 6.07. The summed E-state index contributed by atoms with van der Waals surface area (Å²) in [4.78, 5) is 2.04. The molecular weight excluding hydrogens is 222 g/mol. The highest BCUT2D eigenvalue weighted by atomic mass is 19.1. The van der Waals surface area contributed by atoms with Gasteiger partial charge >= 0.3 is 0 Å². The Hall–Kier alpha value is -1.16. The summed E-state index contributed by atoms with van der Waals surface area (Å²) >= 11 is 0. The zero-order chi connectivity index (χ0) is 12.4. The van der Waals surface area contributed by atoms with Gasteiger partial charge in [0, 0.05) is 31.2 Å². The van der Waals surface area contributed by atoms with Crippen molar-refractivity contribution in [3.63, 3.8) is 0 Å². The summed E-state index contributed by atoms with van der Waals surface area (Å²) in [5.41, 5.74) is 0.506. The highest BCUT2D eigenvalue weighted by Gasteiger charge is 2.26. The minimum atomic E-state index is -0.525. The van der Waals surface area contributed by atoms with Crippen LogP contribution in [0.15, 0.2) is 18.2 Å². The van der Waals surface area contributed by atoms with E-state index in [0.717, 1.165) is 25.6 Å². The van der Waals surface area contributed by atoms with E-state index >= 15 is 0 Å². The minimum absolute atomic E-state index is 0.270. The molecule has 1 aromatic carbocycles. The Bertz CT molecular complexity index is 395. The molecule has 2 nitrogen and oxygen atoms in total. The van der Waals surface area contributed by atoms with Gasteiger partial charge in [0.25, 0.3) is 0 Å². The number of nitrogens with one attached hydrogen (secondary N) is 1. The molecule has 2 atom stereocenters. The molecule has 2 rings (SSSR count). The van der Waals surface area contributed by atoms with E-state index in [1.165, 1.54) is 12.1 Å². The van der Waals surface area contributed by atoms with Crippen molar-refractivity contribution in [2.75, 3.05) is 18.0 Å². The molecule has 1 aliphatic rings. The molecule has 1 aliphatic heterocycles. The van der Waals surface area contributed by atoms with Crippen LogP contribution in [0.1, 0.15) is 20.3 Å². The van der Waals surface area contributed by atoms with E-state index in [-0.39, 0.29) is 6.04 Å². The van der Waals surface area contributed by atoms with Crippen molar-refractivity contribution in [1.82, 2.24) is 5.32 Å². The van der Waals surface area contributed by atoms with Crippen molar-refractivity contribution in [3.8, 4) is 0 Å². The number of benzene rings is 1. The number of hydrogen-bond acceptors (Lipinski definition) is 2. The second-order valence-corrected chi connectivity index (χ2v) is 4.62. The Kier molecular flexibility index (Phi) is 3.62. The summed E-state index contributed by atoms with van der Waals surface area (Å²) in [6.45, 7) is 5.74. The SMILES string of the molecule is CCC1CNC(C)CN1c1ccc(F)cc1F. The van der Waals surface area contributed by atoms with Gasteiger partial charge in [-0.3, -0.25) is 0 Å². The van der Waals surface area contributed by atoms with Gasteiger partial charge in [0.05, 0.1) is 5.69 Å². The Labute approximate surface area is 101 Å². The lowest BCUT2D eigenvalue weighted by Crippen LogP contribution is -2.55. The molecule has 0 bridgehead atoms. The van der Waals surface area contributed by atoms with Gasteiger partial charge in [-0.1, -0.05) is 6.92 Å². The molecule has 17 heavy (non-hydrogen) atoms. The van der Waals surface area contributed by atoms with Crippen LogP contribution in [0.25, 0.3) is 0 Å². The largest absolute Gasteiger partial charge is 0.363 e.